The molecular weight excluding hydrogens is 224 g/mol. The summed E-state index contributed by atoms with van der Waals surface area (Å²) in [5, 5.41) is 3.65. The van der Waals surface area contributed by atoms with Crippen LogP contribution in [0.15, 0.2) is 0 Å². The molecular formula is C15H32N2O. The van der Waals surface area contributed by atoms with Crippen molar-refractivity contribution < 1.29 is 4.74 Å². The zero-order chi connectivity index (χ0) is 13.4. The van der Waals surface area contributed by atoms with Gasteiger partial charge in [-0.1, -0.05) is 13.8 Å². The van der Waals surface area contributed by atoms with Crippen LogP contribution < -0.4 is 5.32 Å². The Labute approximate surface area is 113 Å². The van der Waals surface area contributed by atoms with Gasteiger partial charge in [0, 0.05) is 19.2 Å². The molecule has 1 N–H and O–H groups in total. The summed E-state index contributed by atoms with van der Waals surface area (Å²) in [6, 6.07) is 0.604. The Kier molecular flexibility index (Phi) is 7.87. The van der Waals surface area contributed by atoms with E-state index >= 15 is 0 Å². The lowest BCUT2D eigenvalue weighted by Gasteiger charge is -2.35. The van der Waals surface area contributed by atoms with Crippen LogP contribution in [0.5, 0.6) is 0 Å². The lowest BCUT2D eigenvalue weighted by atomic mass is 9.80. The summed E-state index contributed by atoms with van der Waals surface area (Å²) in [4.78, 5) is 2.48. The van der Waals surface area contributed by atoms with E-state index in [-0.39, 0.29) is 0 Å². The fourth-order valence-corrected chi connectivity index (χ4v) is 2.75. The number of hydrogen-bond donors (Lipinski definition) is 1. The van der Waals surface area contributed by atoms with Crippen molar-refractivity contribution >= 4 is 0 Å². The van der Waals surface area contributed by atoms with Gasteiger partial charge in [-0.15, -0.1) is 0 Å². The molecule has 0 radical (unpaired) electrons. The predicted octanol–water partition coefficient (Wildman–Crippen LogP) is 2.51. The molecule has 1 unspecified atom stereocenters. The van der Waals surface area contributed by atoms with Gasteiger partial charge in [0.05, 0.1) is 6.10 Å². The van der Waals surface area contributed by atoms with E-state index in [1.54, 1.807) is 0 Å². The van der Waals surface area contributed by atoms with Gasteiger partial charge in [0.2, 0.25) is 0 Å². The van der Waals surface area contributed by atoms with Crippen molar-refractivity contribution in [3.63, 3.8) is 0 Å². The van der Waals surface area contributed by atoms with Gasteiger partial charge < -0.3 is 15.0 Å². The third kappa shape index (κ3) is 5.68. The Morgan fingerprint density at radius 1 is 1.22 bits per heavy atom. The lowest BCUT2D eigenvalue weighted by Crippen LogP contribution is -2.41. The average molecular weight is 256 g/mol. The van der Waals surface area contributed by atoms with E-state index < -0.39 is 0 Å². The van der Waals surface area contributed by atoms with Gasteiger partial charge in [-0.25, -0.2) is 0 Å². The second kappa shape index (κ2) is 8.89. The highest BCUT2D eigenvalue weighted by Gasteiger charge is 2.28. The molecule has 0 heterocycles. The Morgan fingerprint density at radius 2 is 1.89 bits per heavy atom. The van der Waals surface area contributed by atoms with Crippen LogP contribution in [0, 0.1) is 5.92 Å². The normalized spacial score (nSPS) is 25.2. The molecule has 0 amide bonds. The molecule has 0 aromatic carbocycles. The number of hydrogen-bond acceptors (Lipinski definition) is 3. The van der Waals surface area contributed by atoms with Gasteiger partial charge >= 0.3 is 0 Å². The van der Waals surface area contributed by atoms with Gasteiger partial charge in [0.1, 0.15) is 0 Å². The Hall–Kier alpha value is -0.120. The highest BCUT2D eigenvalue weighted by molar-refractivity contribution is 4.81. The molecule has 3 nitrogen and oxygen atoms in total. The second-order valence-corrected chi connectivity index (χ2v) is 5.54. The predicted molar refractivity (Wildman–Crippen MR) is 78.0 cm³/mol. The first-order valence-corrected chi connectivity index (χ1v) is 7.76. The summed E-state index contributed by atoms with van der Waals surface area (Å²) < 4.78 is 5.59. The molecule has 108 valence electrons. The van der Waals surface area contributed by atoms with Crippen LogP contribution in [0.4, 0.5) is 0 Å². The van der Waals surface area contributed by atoms with Gasteiger partial charge in [0.15, 0.2) is 0 Å². The van der Waals surface area contributed by atoms with Crippen molar-refractivity contribution in [2.45, 2.75) is 59.1 Å². The summed E-state index contributed by atoms with van der Waals surface area (Å²) in [5.41, 5.74) is 0. The number of rotatable bonds is 10. The van der Waals surface area contributed by atoms with Gasteiger partial charge in [-0.3, -0.25) is 0 Å². The summed E-state index contributed by atoms with van der Waals surface area (Å²) in [6.07, 6.45) is 4.43. The van der Waals surface area contributed by atoms with E-state index in [1.165, 1.54) is 25.8 Å². The summed E-state index contributed by atoms with van der Waals surface area (Å²) in [7, 11) is 0. The van der Waals surface area contributed by atoms with E-state index in [0.29, 0.717) is 12.1 Å². The van der Waals surface area contributed by atoms with E-state index in [1.807, 2.05) is 0 Å². The number of ether oxygens (including phenoxy) is 1. The molecule has 0 aromatic rings. The van der Waals surface area contributed by atoms with Crippen LogP contribution in [0.3, 0.4) is 0 Å². The Balaban J connectivity index is 1.98. The topological polar surface area (TPSA) is 24.5 Å². The standard InChI is InChI=1S/C15H32N2O/c1-5-17(6-2)12-13(4)16-9-8-14-10-15(11-14)18-7-3/h13-16H,5-12H2,1-4H3. The van der Waals surface area contributed by atoms with Crippen molar-refractivity contribution in [1.29, 1.82) is 0 Å². The summed E-state index contributed by atoms with van der Waals surface area (Å²) in [6.45, 7) is 14.4. The minimum absolute atomic E-state index is 0.563. The summed E-state index contributed by atoms with van der Waals surface area (Å²) >= 11 is 0. The molecule has 1 aliphatic carbocycles. The van der Waals surface area contributed by atoms with Crippen molar-refractivity contribution in [3.8, 4) is 0 Å². The first-order valence-electron chi connectivity index (χ1n) is 7.76. The molecule has 1 fully saturated rings. The van der Waals surface area contributed by atoms with Crippen molar-refractivity contribution in [2.24, 2.45) is 5.92 Å². The van der Waals surface area contributed by atoms with E-state index in [2.05, 4.69) is 37.9 Å². The minimum Gasteiger partial charge on any atom is -0.378 e. The second-order valence-electron chi connectivity index (χ2n) is 5.54. The fraction of sp³-hybridized carbons (Fsp3) is 1.00. The van der Waals surface area contributed by atoms with Crippen LogP contribution in [0.2, 0.25) is 0 Å². The molecule has 0 saturated heterocycles. The van der Waals surface area contributed by atoms with E-state index in [9.17, 15) is 0 Å². The third-order valence-corrected chi connectivity index (χ3v) is 4.07. The number of nitrogens with one attached hydrogen (secondary N) is 1. The van der Waals surface area contributed by atoms with Gasteiger partial charge in [0.25, 0.3) is 0 Å². The largest absolute Gasteiger partial charge is 0.378 e. The molecule has 1 rings (SSSR count). The maximum atomic E-state index is 5.59. The molecule has 1 atom stereocenters. The molecule has 3 heteroatoms. The van der Waals surface area contributed by atoms with Crippen LogP contribution in [0.25, 0.3) is 0 Å². The third-order valence-electron chi connectivity index (χ3n) is 4.07. The average Bonchev–Trinajstić information content (AvgIpc) is 2.32. The molecule has 0 aliphatic heterocycles. The van der Waals surface area contributed by atoms with Gasteiger partial charge in [-0.05, 0) is 58.7 Å². The molecule has 0 aromatic heterocycles. The molecule has 1 saturated carbocycles. The quantitative estimate of drug-likeness (QED) is 0.650. The Morgan fingerprint density at radius 3 is 2.44 bits per heavy atom. The number of likely N-dealkylation sites (N-methyl/N-ethyl adjacent to an activating group) is 1. The lowest BCUT2D eigenvalue weighted by molar-refractivity contribution is -0.0264. The molecule has 18 heavy (non-hydrogen) atoms. The van der Waals surface area contributed by atoms with Crippen LogP contribution >= 0.6 is 0 Å². The zero-order valence-corrected chi connectivity index (χ0v) is 12.7. The van der Waals surface area contributed by atoms with Crippen molar-refractivity contribution in [1.82, 2.24) is 10.2 Å². The Bertz CT molecular complexity index is 201. The maximum absolute atomic E-state index is 5.59. The van der Waals surface area contributed by atoms with E-state index in [0.717, 1.165) is 32.2 Å². The first kappa shape index (κ1) is 15.9. The van der Waals surface area contributed by atoms with Crippen LogP contribution in [-0.2, 0) is 4.74 Å². The molecule has 0 spiro atoms. The number of nitrogens with zero attached hydrogens (tertiary/aromatic N) is 1. The van der Waals surface area contributed by atoms with Gasteiger partial charge in [-0.2, -0.15) is 0 Å². The summed E-state index contributed by atoms with van der Waals surface area (Å²) in [5.74, 6) is 0.898. The smallest absolute Gasteiger partial charge is 0.0580 e. The zero-order valence-electron chi connectivity index (χ0n) is 12.7. The highest BCUT2D eigenvalue weighted by atomic mass is 16.5. The van der Waals surface area contributed by atoms with E-state index in [4.69, 9.17) is 4.74 Å². The van der Waals surface area contributed by atoms with Crippen LogP contribution in [-0.4, -0.2) is 49.8 Å². The van der Waals surface area contributed by atoms with Crippen molar-refractivity contribution in [2.75, 3.05) is 32.8 Å². The van der Waals surface area contributed by atoms with Crippen molar-refractivity contribution in [3.05, 3.63) is 0 Å². The monoisotopic (exact) mass is 256 g/mol. The molecule has 0 bridgehead atoms. The highest BCUT2D eigenvalue weighted by Crippen LogP contribution is 2.32. The maximum Gasteiger partial charge on any atom is 0.0580 e. The first-order chi connectivity index (χ1) is 8.69. The fourth-order valence-electron chi connectivity index (χ4n) is 2.75. The SMILES string of the molecule is CCOC1CC(CCNC(C)CN(CC)CC)C1. The minimum atomic E-state index is 0.563. The molecule has 1 aliphatic rings. The van der Waals surface area contributed by atoms with Crippen LogP contribution in [0.1, 0.15) is 47.0 Å².